The van der Waals surface area contributed by atoms with Crippen LogP contribution in [0.25, 0.3) is 11.2 Å². The van der Waals surface area contributed by atoms with Crippen molar-refractivity contribution in [2.45, 2.75) is 19.8 Å². The van der Waals surface area contributed by atoms with E-state index in [1.807, 2.05) is 13.8 Å². The highest BCUT2D eigenvalue weighted by atomic mass is 16.4. The lowest BCUT2D eigenvalue weighted by atomic mass is 10.1. The minimum Gasteiger partial charge on any atom is -0.481 e. The minimum absolute atomic E-state index is 0.149. The number of rotatable bonds is 2. The van der Waals surface area contributed by atoms with Crippen molar-refractivity contribution in [2.75, 3.05) is 0 Å². The molecule has 1 saturated carbocycles. The molecule has 1 fully saturated rings. The maximum Gasteiger partial charge on any atom is 0.327 e. The Balaban J connectivity index is 2.14. The zero-order valence-electron chi connectivity index (χ0n) is 10.3. The Morgan fingerprint density at radius 2 is 1.95 bits per heavy atom. The molecule has 8 nitrogen and oxygen atoms in total. The highest BCUT2D eigenvalue weighted by Gasteiger charge is 2.64. The number of nitrogens with zero attached hydrogens (tertiary/aromatic N) is 1. The first kappa shape index (κ1) is 11.7. The smallest absolute Gasteiger partial charge is 0.327 e. The molecule has 2 aromatic rings. The molecule has 0 bridgehead atoms. The second-order valence-electron chi connectivity index (χ2n) is 5.37. The summed E-state index contributed by atoms with van der Waals surface area (Å²) in [4.78, 5) is 45.3. The zero-order valence-corrected chi connectivity index (χ0v) is 10.3. The fraction of sp³-hybridized carbons (Fsp3) is 0.455. The van der Waals surface area contributed by atoms with Crippen molar-refractivity contribution in [1.29, 1.82) is 0 Å². The molecule has 8 heteroatoms. The summed E-state index contributed by atoms with van der Waals surface area (Å²) in [6.07, 6.45) is 0. The number of fused-ring (bicyclic) bond motifs is 1. The van der Waals surface area contributed by atoms with E-state index in [4.69, 9.17) is 5.11 Å². The molecular formula is C11H12N4O4. The van der Waals surface area contributed by atoms with Gasteiger partial charge in [0.05, 0.1) is 5.92 Å². The number of aliphatic carboxylic acids is 1. The molecule has 0 spiro atoms. The van der Waals surface area contributed by atoms with Gasteiger partial charge in [0, 0.05) is 5.92 Å². The standard InChI is InChI=1S/C11H12N4O4/c1-11(2)3(4(11)9(17)18)6-12-5-7(13-6)14-10(19)15-8(5)16/h3-4H,1-2H3,(H,17,18)(H3,12,13,14,15,16,19). The molecule has 0 saturated heterocycles. The van der Waals surface area contributed by atoms with E-state index in [1.165, 1.54) is 0 Å². The van der Waals surface area contributed by atoms with E-state index < -0.39 is 28.6 Å². The molecule has 1 aliphatic rings. The van der Waals surface area contributed by atoms with Crippen LogP contribution in [0.2, 0.25) is 0 Å². The minimum atomic E-state index is -0.891. The van der Waals surface area contributed by atoms with Gasteiger partial charge in [-0.1, -0.05) is 13.8 Å². The zero-order chi connectivity index (χ0) is 13.9. The van der Waals surface area contributed by atoms with Crippen molar-refractivity contribution < 1.29 is 9.90 Å². The molecule has 2 unspecified atom stereocenters. The van der Waals surface area contributed by atoms with Crippen LogP contribution in [0.1, 0.15) is 25.6 Å². The Morgan fingerprint density at radius 3 is 2.53 bits per heavy atom. The third-order valence-corrected chi connectivity index (χ3v) is 3.80. The molecule has 0 aliphatic heterocycles. The van der Waals surface area contributed by atoms with Gasteiger partial charge in [-0.25, -0.2) is 9.78 Å². The average molecular weight is 264 g/mol. The lowest BCUT2D eigenvalue weighted by molar-refractivity contribution is -0.139. The molecule has 3 rings (SSSR count). The van der Waals surface area contributed by atoms with Crippen molar-refractivity contribution in [1.82, 2.24) is 19.9 Å². The van der Waals surface area contributed by atoms with Crippen LogP contribution in [0.5, 0.6) is 0 Å². The topological polar surface area (TPSA) is 132 Å². The number of carboxylic acid groups (broad SMARTS) is 1. The maximum atomic E-state index is 11.6. The van der Waals surface area contributed by atoms with Gasteiger partial charge in [0.15, 0.2) is 5.65 Å². The molecule has 0 aromatic carbocycles. The third-order valence-electron chi connectivity index (χ3n) is 3.80. The molecule has 0 amide bonds. The van der Waals surface area contributed by atoms with Gasteiger partial charge in [-0.3, -0.25) is 19.6 Å². The fourth-order valence-corrected chi connectivity index (χ4v) is 2.71. The predicted molar refractivity (Wildman–Crippen MR) is 65.0 cm³/mol. The third kappa shape index (κ3) is 1.52. The van der Waals surface area contributed by atoms with Gasteiger partial charge < -0.3 is 10.1 Å². The lowest BCUT2D eigenvalue weighted by Crippen LogP contribution is -2.21. The summed E-state index contributed by atoms with van der Waals surface area (Å²) in [7, 11) is 0. The average Bonchev–Trinajstić information content (AvgIpc) is 2.65. The molecule has 2 aromatic heterocycles. The van der Waals surface area contributed by atoms with Crippen LogP contribution in [-0.2, 0) is 4.79 Å². The van der Waals surface area contributed by atoms with Crippen LogP contribution in [0.3, 0.4) is 0 Å². The monoisotopic (exact) mass is 264 g/mol. The highest BCUT2D eigenvalue weighted by Crippen LogP contribution is 2.63. The van der Waals surface area contributed by atoms with Crippen LogP contribution in [0.15, 0.2) is 9.59 Å². The Kier molecular flexibility index (Phi) is 2.06. The van der Waals surface area contributed by atoms with Crippen LogP contribution < -0.4 is 11.2 Å². The van der Waals surface area contributed by atoms with Crippen molar-refractivity contribution in [3.05, 3.63) is 26.7 Å². The van der Waals surface area contributed by atoms with Crippen LogP contribution in [0.4, 0.5) is 0 Å². The molecule has 19 heavy (non-hydrogen) atoms. The number of hydrogen-bond donors (Lipinski definition) is 4. The van der Waals surface area contributed by atoms with Crippen molar-refractivity contribution in [2.24, 2.45) is 11.3 Å². The number of hydrogen-bond acceptors (Lipinski definition) is 4. The van der Waals surface area contributed by atoms with Crippen LogP contribution in [0, 0.1) is 11.3 Å². The molecule has 100 valence electrons. The highest BCUT2D eigenvalue weighted by molar-refractivity contribution is 5.78. The van der Waals surface area contributed by atoms with Gasteiger partial charge in [-0.15, -0.1) is 0 Å². The Bertz CT molecular complexity index is 797. The number of aromatic nitrogens is 4. The number of imidazole rings is 1. The number of carbonyl (C=O) groups is 1. The van der Waals surface area contributed by atoms with E-state index >= 15 is 0 Å². The molecule has 1 aliphatic carbocycles. The van der Waals surface area contributed by atoms with E-state index in [0.717, 1.165) is 0 Å². The molecule has 2 heterocycles. The number of nitrogens with one attached hydrogen (secondary N) is 3. The fourth-order valence-electron chi connectivity index (χ4n) is 2.71. The van der Waals surface area contributed by atoms with Gasteiger partial charge in [0.1, 0.15) is 11.3 Å². The number of aromatic amines is 3. The summed E-state index contributed by atoms with van der Waals surface area (Å²) in [5.41, 5.74) is -1.33. The normalized spacial score (nSPS) is 24.5. The van der Waals surface area contributed by atoms with E-state index in [-0.39, 0.29) is 17.1 Å². The van der Waals surface area contributed by atoms with E-state index in [0.29, 0.717) is 5.82 Å². The first-order valence-electron chi connectivity index (χ1n) is 5.77. The summed E-state index contributed by atoms with van der Waals surface area (Å²) >= 11 is 0. The van der Waals surface area contributed by atoms with Gasteiger partial charge >= 0.3 is 11.7 Å². The molecule has 0 radical (unpaired) electrons. The van der Waals surface area contributed by atoms with Crippen LogP contribution >= 0.6 is 0 Å². The van der Waals surface area contributed by atoms with Gasteiger partial charge in [0.25, 0.3) is 5.56 Å². The summed E-state index contributed by atoms with van der Waals surface area (Å²) in [6, 6.07) is 0. The summed E-state index contributed by atoms with van der Waals surface area (Å²) in [5, 5.41) is 9.13. The first-order chi connectivity index (χ1) is 8.82. The van der Waals surface area contributed by atoms with Crippen LogP contribution in [-0.4, -0.2) is 31.0 Å². The Labute approximate surface area is 105 Å². The largest absolute Gasteiger partial charge is 0.481 e. The van der Waals surface area contributed by atoms with E-state index in [9.17, 15) is 14.4 Å². The van der Waals surface area contributed by atoms with Gasteiger partial charge in [-0.05, 0) is 5.41 Å². The Hall–Kier alpha value is -2.38. The van der Waals surface area contributed by atoms with E-state index in [1.54, 1.807) is 0 Å². The Morgan fingerprint density at radius 1 is 1.26 bits per heavy atom. The second kappa shape index (κ2) is 3.34. The van der Waals surface area contributed by atoms with Crippen molar-refractivity contribution in [3.63, 3.8) is 0 Å². The molecule has 4 N–H and O–H groups in total. The van der Waals surface area contributed by atoms with Gasteiger partial charge in [-0.2, -0.15) is 0 Å². The quantitative estimate of drug-likeness (QED) is 0.594. The summed E-state index contributed by atoms with van der Waals surface area (Å²) < 4.78 is 0. The lowest BCUT2D eigenvalue weighted by Gasteiger charge is -1.97. The number of H-pyrrole nitrogens is 3. The van der Waals surface area contributed by atoms with E-state index in [2.05, 4.69) is 19.9 Å². The maximum absolute atomic E-state index is 11.6. The summed E-state index contributed by atoms with van der Waals surface area (Å²) in [6.45, 7) is 3.66. The second-order valence-corrected chi connectivity index (χ2v) is 5.37. The van der Waals surface area contributed by atoms with Crippen molar-refractivity contribution in [3.8, 4) is 0 Å². The van der Waals surface area contributed by atoms with Gasteiger partial charge in [0.2, 0.25) is 0 Å². The molecular weight excluding hydrogens is 252 g/mol. The molecule has 2 atom stereocenters. The first-order valence-corrected chi connectivity index (χ1v) is 5.77. The predicted octanol–water partition coefficient (Wildman–Crippen LogP) is -0.236. The summed E-state index contributed by atoms with van der Waals surface area (Å²) in [5.74, 6) is -1.31. The van der Waals surface area contributed by atoms with Crippen molar-refractivity contribution >= 4 is 17.1 Å². The SMILES string of the molecule is CC1(C)C(C(=O)O)C1c1nc2[nH]c(=O)[nH]c(=O)c2[nH]1. The number of carboxylic acids is 1.